The molecule has 1 amide bonds. The van der Waals surface area contributed by atoms with Crippen LogP contribution in [0.15, 0.2) is 0 Å². The molecule has 1 aliphatic heterocycles. The van der Waals surface area contributed by atoms with E-state index in [9.17, 15) is 4.79 Å². The molecule has 3 nitrogen and oxygen atoms in total. The Labute approximate surface area is 131 Å². The van der Waals surface area contributed by atoms with Gasteiger partial charge in [-0.05, 0) is 50.1 Å². The minimum absolute atomic E-state index is 0.135. The Morgan fingerprint density at radius 1 is 1.15 bits per heavy atom. The summed E-state index contributed by atoms with van der Waals surface area (Å²) >= 11 is 3.79. The summed E-state index contributed by atoms with van der Waals surface area (Å²) in [5.74, 6) is 0.391. The summed E-state index contributed by atoms with van der Waals surface area (Å²) in [5, 5.41) is 1.14. The number of nitrogens with two attached hydrogens (primary N) is 1. The van der Waals surface area contributed by atoms with Crippen molar-refractivity contribution in [1.82, 2.24) is 4.90 Å². The molecule has 2 fully saturated rings. The quantitative estimate of drug-likeness (QED) is 0.614. The molecule has 1 aliphatic carbocycles. The highest BCUT2D eigenvalue weighted by atomic mass is 79.9. The summed E-state index contributed by atoms with van der Waals surface area (Å²) < 4.78 is 0. The Bertz CT molecular complexity index is 306. The van der Waals surface area contributed by atoms with Crippen molar-refractivity contribution in [3.05, 3.63) is 0 Å². The number of carbonyl (C=O) groups is 1. The first-order valence-corrected chi connectivity index (χ1v) is 9.32. The number of likely N-dealkylation sites (tertiary alicyclic amines) is 1. The molecule has 116 valence electrons. The highest BCUT2D eigenvalue weighted by molar-refractivity contribution is 9.09. The first-order valence-electron chi connectivity index (χ1n) is 8.20. The van der Waals surface area contributed by atoms with E-state index in [1.807, 2.05) is 0 Å². The smallest absolute Gasteiger partial charge is 0.217 e. The molecule has 0 bridgehead atoms. The molecule has 0 aromatic carbocycles. The number of piperidine rings is 1. The van der Waals surface area contributed by atoms with Crippen LogP contribution in [0.1, 0.15) is 57.8 Å². The number of alkyl halides is 1. The standard InChI is InChI=1S/C16H29BrN2O/c17-12-16(7-3-1-2-4-8-16)13-19-9-5-14(6-10-19)11-15(18)20/h14H,1-13H2,(H2,18,20). The van der Waals surface area contributed by atoms with Gasteiger partial charge in [0.1, 0.15) is 0 Å². The second-order valence-electron chi connectivity index (χ2n) is 6.94. The fraction of sp³-hybridized carbons (Fsp3) is 0.938. The molecule has 0 aromatic heterocycles. The third-order valence-electron chi connectivity index (χ3n) is 5.20. The van der Waals surface area contributed by atoms with Crippen molar-refractivity contribution in [1.29, 1.82) is 0 Å². The van der Waals surface area contributed by atoms with Crippen molar-refractivity contribution >= 4 is 21.8 Å². The van der Waals surface area contributed by atoms with Crippen LogP contribution in [0.4, 0.5) is 0 Å². The van der Waals surface area contributed by atoms with Crippen LogP contribution in [-0.4, -0.2) is 35.8 Å². The fourth-order valence-electron chi connectivity index (χ4n) is 3.92. The van der Waals surface area contributed by atoms with Crippen LogP contribution < -0.4 is 5.73 Å². The van der Waals surface area contributed by atoms with Gasteiger partial charge >= 0.3 is 0 Å². The van der Waals surface area contributed by atoms with Gasteiger partial charge in [0, 0.05) is 18.3 Å². The van der Waals surface area contributed by atoms with Gasteiger partial charge in [-0.1, -0.05) is 41.6 Å². The topological polar surface area (TPSA) is 46.3 Å². The second kappa shape index (κ2) is 7.79. The normalized spacial score (nSPS) is 25.2. The maximum absolute atomic E-state index is 11.0. The van der Waals surface area contributed by atoms with Crippen molar-refractivity contribution in [3.63, 3.8) is 0 Å². The molecule has 2 N–H and O–H groups in total. The lowest BCUT2D eigenvalue weighted by Crippen LogP contribution is -2.43. The van der Waals surface area contributed by atoms with Gasteiger partial charge in [0.15, 0.2) is 0 Å². The van der Waals surface area contributed by atoms with E-state index in [-0.39, 0.29) is 5.91 Å². The minimum atomic E-state index is -0.135. The van der Waals surface area contributed by atoms with E-state index >= 15 is 0 Å². The maximum Gasteiger partial charge on any atom is 0.217 e. The van der Waals surface area contributed by atoms with E-state index in [1.54, 1.807) is 0 Å². The van der Waals surface area contributed by atoms with Crippen LogP contribution >= 0.6 is 15.9 Å². The zero-order chi connectivity index (χ0) is 14.4. The summed E-state index contributed by atoms with van der Waals surface area (Å²) in [4.78, 5) is 13.6. The lowest BCUT2D eigenvalue weighted by atomic mass is 9.81. The van der Waals surface area contributed by atoms with Crippen LogP contribution in [0.25, 0.3) is 0 Å². The predicted octanol–water partition coefficient (Wildman–Crippen LogP) is 3.31. The lowest BCUT2D eigenvalue weighted by molar-refractivity contribution is -0.119. The van der Waals surface area contributed by atoms with Gasteiger partial charge in [-0.2, -0.15) is 0 Å². The van der Waals surface area contributed by atoms with E-state index in [4.69, 9.17) is 5.73 Å². The number of halogens is 1. The van der Waals surface area contributed by atoms with Crippen LogP contribution in [0.2, 0.25) is 0 Å². The van der Waals surface area contributed by atoms with Gasteiger partial charge in [-0.15, -0.1) is 0 Å². The highest BCUT2D eigenvalue weighted by Gasteiger charge is 2.33. The minimum Gasteiger partial charge on any atom is -0.370 e. The number of primary amides is 1. The third kappa shape index (κ3) is 4.73. The zero-order valence-corrected chi connectivity index (χ0v) is 14.2. The zero-order valence-electron chi connectivity index (χ0n) is 12.6. The summed E-state index contributed by atoms with van der Waals surface area (Å²) in [6.07, 6.45) is 11.2. The summed E-state index contributed by atoms with van der Waals surface area (Å²) in [6.45, 7) is 3.53. The van der Waals surface area contributed by atoms with Gasteiger partial charge in [0.25, 0.3) is 0 Å². The Morgan fingerprint density at radius 3 is 2.25 bits per heavy atom. The molecule has 0 aromatic rings. The largest absolute Gasteiger partial charge is 0.370 e. The lowest BCUT2D eigenvalue weighted by Gasteiger charge is -2.40. The molecular weight excluding hydrogens is 316 g/mol. The molecule has 0 spiro atoms. The fourth-order valence-corrected chi connectivity index (χ4v) is 4.66. The Kier molecular flexibility index (Phi) is 6.34. The Morgan fingerprint density at radius 2 is 1.75 bits per heavy atom. The molecule has 0 unspecified atom stereocenters. The van der Waals surface area contributed by atoms with Crippen molar-refractivity contribution in [2.45, 2.75) is 57.8 Å². The maximum atomic E-state index is 11.0. The van der Waals surface area contributed by atoms with E-state index in [0.29, 0.717) is 17.8 Å². The van der Waals surface area contributed by atoms with Gasteiger partial charge in [-0.3, -0.25) is 4.79 Å². The highest BCUT2D eigenvalue weighted by Crippen LogP contribution is 2.38. The van der Waals surface area contributed by atoms with E-state index in [0.717, 1.165) is 31.3 Å². The van der Waals surface area contributed by atoms with Crippen molar-refractivity contribution in [2.75, 3.05) is 25.0 Å². The van der Waals surface area contributed by atoms with Crippen LogP contribution in [0.5, 0.6) is 0 Å². The van der Waals surface area contributed by atoms with Crippen molar-refractivity contribution in [3.8, 4) is 0 Å². The molecule has 2 rings (SSSR count). The first-order chi connectivity index (χ1) is 9.63. The van der Waals surface area contributed by atoms with Gasteiger partial charge in [-0.25, -0.2) is 0 Å². The third-order valence-corrected chi connectivity index (χ3v) is 6.39. The molecule has 0 atom stereocenters. The number of carbonyl (C=O) groups excluding carboxylic acids is 1. The number of nitrogens with zero attached hydrogens (tertiary/aromatic N) is 1. The Hall–Kier alpha value is -0.0900. The molecule has 1 heterocycles. The van der Waals surface area contributed by atoms with Crippen LogP contribution in [0, 0.1) is 11.3 Å². The number of hydrogen-bond donors (Lipinski definition) is 1. The molecule has 20 heavy (non-hydrogen) atoms. The summed E-state index contributed by atoms with van der Waals surface area (Å²) in [6, 6.07) is 0. The van der Waals surface area contributed by atoms with Crippen molar-refractivity contribution in [2.24, 2.45) is 17.1 Å². The SMILES string of the molecule is NC(=O)CC1CCN(CC2(CBr)CCCCCC2)CC1. The second-order valence-corrected chi connectivity index (χ2v) is 7.50. The Balaban J connectivity index is 1.82. The average molecular weight is 345 g/mol. The first kappa shape index (κ1) is 16.3. The number of hydrogen-bond acceptors (Lipinski definition) is 2. The molecule has 1 saturated carbocycles. The van der Waals surface area contributed by atoms with Gasteiger partial charge in [0.2, 0.25) is 5.91 Å². The number of rotatable bonds is 5. The van der Waals surface area contributed by atoms with Gasteiger partial charge < -0.3 is 10.6 Å². The van der Waals surface area contributed by atoms with E-state index in [1.165, 1.54) is 45.1 Å². The van der Waals surface area contributed by atoms with Crippen LogP contribution in [0.3, 0.4) is 0 Å². The molecule has 0 radical (unpaired) electrons. The van der Waals surface area contributed by atoms with Crippen molar-refractivity contribution < 1.29 is 4.79 Å². The van der Waals surface area contributed by atoms with E-state index in [2.05, 4.69) is 20.8 Å². The van der Waals surface area contributed by atoms with Crippen LogP contribution in [-0.2, 0) is 4.79 Å². The average Bonchev–Trinajstić information content (AvgIpc) is 2.67. The number of amides is 1. The monoisotopic (exact) mass is 344 g/mol. The summed E-state index contributed by atoms with van der Waals surface area (Å²) in [7, 11) is 0. The van der Waals surface area contributed by atoms with E-state index < -0.39 is 0 Å². The molecule has 2 aliphatic rings. The summed E-state index contributed by atoms with van der Waals surface area (Å²) in [5.41, 5.74) is 5.80. The molecular formula is C16H29BrN2O. The molecule has 4 heteroatoms. The predicted molar refractivity (Wildman–Crippen MR) is 86.9 cm³/mol. The van der Waals surface area contributed by atoms with Gasteiger partial charge in [0.05, 0.1) is 0 Å². The molecule has 1 saturated heterocycles.